The number of carbonyl (C=O) groups excluding carboxylic acids is 1. The van der Waals surface area contributed by atoms with Gasteiger partial charge in [0.25, 0.3) is 5.91 Å². The molecule has 37 heavy (non-hydrogen) atoms. The van der Waals surface area contributed by atoms with E-state index in [-0.39, 0.29) is 5.91 Å². The van der Waals surface area contributed by atoms with Crippen LogP contribution in [0.2, 0.25) is 0 Å². The average molecular weight is 488 g/mol. The first kappa shape index (κ1) is 22.5. The van der Waals surface area contributed by atoms with Gasteiger partial charge in [0.15, 0.2) is 11.6 Å². The molecule has 0 bridgehead atoms. The third-order valence-electron chi connectivity index (χ3n) is 6.33. The molecule has 0 unspecified atom stereocenters. The van der Waals surface area contributed by atoms with Crippen LogP contribution in [-0.2, 0) is 11.2 Å². The quantitative estimate of drug-likeness (QED) is 0.221. The molecule has 8 nitrogen and oxygen atoms in total. The van der Waals surface area contributed by atoms with Crippen molar-refractivity contribution in [2.24, 2.45) is 0 Å². The minimum Gasteiger partial charge on any atom is -0.355 e. The van der Waals surface area contributed by atoms with Crippen molar-refractivity contribution < 1.29 is 4.79 Å². The Balaban J connectivity index is 1.24. The summed E-state index contributed by atoms with van der Waals surface area (Å²) in [5, 5.41) is 13.8. The highest BCUT2D eigenvalue weighted by molar-refractivity contribution is 6.35. The highest BCUT2D eigenvalue weighted by Gasteiger charge is 2.25. The van der Waals surface area contributed by atoms with Gasteiger partial charge in [-0.25, -0.2) is 9.97 Å². The van der Waals surface area contributed by atoms with E-state index in [0.717, 1.165) is 63.2 Å². The average Bonchev–Trinajstić information content (AvgIpc) is 3.63. The molecular formula is C29H25N7O. The molecular weight excluding hydrogens is 462 g/mol. The molecule has 0 fully saturated rings. The van der Waals surface area contributed by atoms with Crippen LogP contribution in [0.5, 0.6) is 0 Å². The van der Waals surface area contributed by atoms with Gasteiger partial charge in [-0.2, -0.15) is 5.10 Å². The van der Waals surface area contributed by atoms with Crippen molar-refractivity contribution in [3.8, 4) is 22.8 Å². The maximum atomic E-state index is 12.7. The van der Waals surface area contributed by atoms with Gasteiger partial charge in [0, 0.05) is 40.2 Å². The number of H-pyrrole nitrogens is 2. The van der Waals surface area contributed by atoms with Crippen molar-refractivity contribution in [3.63, 3.8) is 0 Å². The normalized spacial score (nSPS) is 13.6. The van der Waals surface area contributed by atoms with Crippen molar-refractivity contribution in [1.29, 1.82) is 0 Å². The summed E-state index contributed by atoms with van der Waals surface area (Å²) < 4.78 is 0. The summed E-state index contributed by atoms with van der Waals surface area (Å²) in [6.07, 6.45) is 2.66. The number of imidazole rings is 1. The Bertz CT molecular complexity index is 1650. The maximum absolute atomic E-state index is 12.7. The number of benzene rings is 3. The van der Waals surface area contributed by atoms with Gasteiger partial charge in [0.2, 0.25) is 0 Å². The fourth-order valence-corrected chi connectivity index (χ4v) is 4.42. The number of nitrogens with zero attached hydrogens (tertiary/aromatic N) is 3. The first-order chi connectivity index (χ1) is 18.1. The van der Waals surface area contributed by atoms with E-state index in [0.29, 0.717) is 11.4 Å². The molecule has 6 rings (SSSR count). The number of nitrogens with one attached hydrogen (secondary N) is 4. The second-order valence-corrected chi connectivity index (χ2v) is 8.90. The zero-order valence-corrected chi connectivity index (χ0v) is 20.5. The summed E-state index contributed by atoms with van der Waals surface area (Å²) in [6, 6.07) is 23.7. The fraction of sp³-hybridized carbons (Fsp3) is 0.103. The van der Waals surface area contributed by atoms with Crippen molar-refractivity contribution >= 4 is 34.6 Å². The van der Waals surface area contributed by atoms with Crippen LogP contribution in [-0.4, -0.2) is 31.1 Å². The molecule has 0 atom stereocenters. The Kier molecular flexibility index (Phi) is 5.61. The summed E-state index contributed by atoms with van der Waals surface area (Å²) in [7, 11) is 0. The van der Waals surface area contributed by atoms with Gasteiger partial charge in [0.05, 0.1) is 17.0 Å². The third-order valence-corrected chi connectivity index (χ3v) is 6.33. The van der Waals surface area contributed by atoms with Crippen LogP contribution in [0.4, 0.5) is 17.1 Å². The largest absolute Gasteiger partial charge is 0.355 e. The summed E-state index contributed by atoms with van der Waals surface area (Å²) in [5.74, 6) is 2.13. The Labute approximate surface area is 213 Å². The van der Waals surface area contributed by atoms with Gasteiger partial charge < -0.3 is 15.6 Å². The lowest BCUT2D eigenvalue weighted by molar-refractivity contribution is -0.110. The molecule has 2 aromatic heterocycles. The first-order valence-corrected chi connectivity index (χ1v) is 12.2. The van der Waals surface area contributed by atoms with Gasteiger partial charge >= 0.3 is 0 Å². The molecule has 8 heteroatoms. The summed E-state index contributed by atoms with van der Waals surface area (Å²) >= 11 is 0. The van der Waals surface area contributed by atoms with E-state index in [2.05, 4.69) is 35.8 Å². The Morgan fingerprint density at radius 3 is 2.54 bits per heavy atom. The fourth-order valence-electron chi connectivity index (χ4n) is 4.42. The number of carbonyl (C=O) groups is 1. The van der Waals surface area contributed by atoms with Gasteiger partial charge in [-0.1, -0.05) is 55.5 Å². The van der Waals surface area contributed by atoms with Crippen molar-refractivity contribution in [1.82, 2.24) is 25.1 Å². The number of aromatic amines is 2. The van der Waals surface area contributed by atoms with Crippen LogP contribution in [0.15, 0.2) is 72.8 Å². The van der Waals surface area contributed by atoms with E-state index in [1.54, 1.807) is 0 Å². The molecule has 1 amide bonds. The summed E-state index contributed by atoms with van der Waals surface area (Å²) in [6.45, 7) is 4.01. The third kappa shape index (κ3) is 4.40. The zero-order chi connectivity index (χ0) is 25.4. The maximum Gasteiger partial charge on any atom is 0.256 e. The van der Waals surface area contributed by atoms with Gasteiger partial charge in [-0.3, -0.25) is 9.89 Å². The van der Waals surface area contributed by atoms with Crippen molar-refractivity contribution in [2.75, 3.05) is 10.6 Å². The van der Waals surface area contributed by atoms with E-state index in [4.69, 9.17) is 0 Å². The molecule has 4 N–H and O–H groups in total. The molecule has 0 saturated carbocycles. The highest BCUT2D eigenvalue weighted by atomic mass is 16.2. The standard InChI is InChI=1S/C29H25N7O/c1-3-26-30-17(2)24(32-26)16-23-22-13-12-21(15-25(22)33-29(23)37)31-20-11-7-10-19(14-20)28-34-27(35-36-28)18-8-5-4-6-9-18/h4-16,31H,3H2,1-2H3,(H,30,32)(H,33,37)(H,34,35,36)/b23-16-. The second kappa shape index (κ2) is 9.23. The molecule has 0 saturated heterocycles. The number of rotatable bonds is 6. The zero-order valence-electron chi connectivity index (χ0n) is 20.5. The molecule has 3 heterocycles. The van der Waals surface area contributed by atoms with Crippen LogP contribution in [0.3, 0.4) is 0 Å². The number of fused-ring (bicyclic) bond motifs is 1. The van der Waals surface area contributed by atoms with E-state index in [1.165, 1.54) is 0 Å². The molecule has 3 aromatic carbocycles. The minimum atomic E-state index is -0.131. The van der Waals surface area contributed by atoms with E-state index in [1.807, 2.05) is 92.7 Å². The van der Waals surface area contributed by atoms with Crippen molar-refractivity contribution in [2.45, 2.75) is 20.3 Å². The predicted octanol–water partition coefficient (Wildman–Crippen LogP) is 5.97. The number of hydrogen-bond donors (Lipinski definition) is 4. The predicted molar refractivity (Wildman–Crippen MR) is 146 cm³/mol. The van der Waals surface area contributed by atoms with Crippen LogP contribution in [0, 0.1) is 6.92 Å². The van der Waals surface area contributed by atoms with Crippen molar-refractivity contribution in [3.05, 3.63) is 95.6 Å². The Hall–Kier alpha value is -4.98. The first-order valence-electron chi connectivity index (χ1n) is 12.2. The minimum absolute atomic E-state index is 0.131. The summed E-state index contributed by atoms with van der Waals surface area (Å²) in [5.41, 5.74) is 7.61. The van der Waals surface area contributed by atoms with E-state index in [9.17, 15) is 4.79 Å². The molecule has 0 spiro atoms. The van der Waals surface area contributed by atoms with Gasteiger partial charge in [-0.05, 0) is 37.3 Å². The van der Waals surface area contributed by atoms with Crippen LogP contribution >= 0.6 is 0 Å². The Morgan fingerprint density at radius 1 is 0.919 bits per heavy atom. The van der Waals surface area contributed by atoms with Crippen LogP contribution < -0.4 is 10.6 Å². The smallest absolute Gasteiger partial charge is 0.256 e. The molecule has 0 radical (unpaired) electrons. The van der Waals surface area contributed by atoms with Gasteiger partial charge in [0.1, 0.15) is 5.82 Å². The van der Waals surface area contributed by atoms with Gasteiger partial charge in [-0.15, -0.1) is 0 Å². The Morgan fingerprint density at radius 2 is 1.73 bits per heavy atom. The number of hydrogen-bond acceptors (Lipinski definition) is 5. The highest BCUT2D eigenvalue weighted by Crippen LogP contribution is 2.36. The number of amides is 1. The van der Waals surface area contributed by atoms with Crippen LogP contribution in [0.1, 0.15) is 29.7 Å². The number of anilines is 3. The number of aromatic nitrogens is 5. The lowest BCUT2D eigenvalue weighted by Gasteiger charge is -2.09. The lowest BCUT2D eigenvalue weighted by atomic mass is 10.0. The molecule has 1 aliphatic rings. The second-order valence-electron chi connectivity index (χ2n) is 8.90. The molecule has 1 aliphatic heterocycles. The molecule has 5 aromatic rings. The molecule has 182 valence electrons. The summed E-state index contributed by atoms with van der Waals surface area (Å²) in [4.78, 5) is 25.2. The van der Waals surface area contributed by atoms with Crippen LogP contribution in [0.25, 0.3) is 34.4 Å². The topological polar surface area (TPSA) is 111 Å². The number of aryl methyl sites for hydroxylation is 2. The SMILES string of the molecule is CCc1nc(/C=C2\C(=O)Nc3cc(Nc4cccc(-c5n[nH]c(-c6ccccc6)n5)c4)ccc32)c(C)[nH]1. The van der Waals surface area contributed by atoms with E-state index < -0.39 is 0 Å². The molecule has 0 aliphatic carbocycles. The van der Waals surface area contributed by atoms with E-state index >= 15 is 0 Å². The lowest BCUT2D eigenvalue weighted by Crippen LogP contribution is -2.03. The monoisotopic (exact) mass is 487 g/mol.